The van der Waals surface area contributed by atoms with E-state index in [1.807, 2.05) is 0 Å². The Balaban J connectivity index is 1.74. The molecule has 5 rings (SSSR count). The Morgan fingerprint density at radius 1 is 1.14 bits per heavy atom. The van der Waals surface area contributed by atoms with Crippen LogP contribution >= 0.6 is 0 Å². The first-order valence-corrected chi connectivity index (χ1v) is 14.7. The number of nitrogens with one attached hydrogen (secondary N) is 1. The maximum atomic E-state index is 14.9. The number of nitrogens with zero attached hydrogens (tertiary/aromatic N) is 3. The highest BCUT2D eigenvalue weighted by Crippen LogP contribution is 2.46. The first-order valence-electron chi connectivity index (χ1n) is 12.9. The van der Waals surface area contributed by atoms with Crippen LogP contribution in [0.25, 0.3) is 16.8 Å². The van der Waals surface area contributed by atoms with E-state index >= 15 is 0 Å². The average Bonchev–Trinajstić information content (AvgIpc) is 3.69. The third-order valence-electron chi connectivity index (χ3n) is 7.17. The van der Waals surface area contributed by atoms with Crippen LogP contribution in [0.3, 0.4) is 0 Å². The first kappa shape index (κ1) is 30.4. The summed E-state index contributed by atoms with van der Waals surface area (Å²) in [5.41, 5.74) is -2.29. The van der Waals surface area contributed by atoms with Crippen molar-refractivity contribution in [3.8, 4) is 11.3 Å². The Hall–Kier alpha value is -4.02. The van der Waals surface area contributed by atoms with Crippen molar-refractivity contribution >= 4 is 39.7 Å². The molecule has 16 heteroatoms. The summed E-state index contributed by atoms with van der Waals surface area (Å²) in [7, 11) is -5.44. The van der Waals surface area contributed by atoms with E-state index < -0.39 is 64.0 Å². The fourth-order valence-corrected chi connectivity index (χ4v) is 5.87. The molecule has 1 saturated carbocycles. The summed E-state index contributed by atoms with van der Waals surface area (Å²) in [5.74, 6) is -3.17. The van der Waals surface area contributed by atoms with Gasteiger partial charge in [0.1, 0.15) is 17.3 Å². The van der Waals surface area contributed by atoms with Crippen LogP contribution in [0.2, 0.25) is 0 Å². The lowest BCUT2D eigenvalue weighted by Gasteiger charge is -2.27. The van der Waals surface area contributed by atoms with Crippen LogP contribution in [0.5, 0.6) is 0 Å². The molecule has 43 heavy (non-hydrogen) atoms. The Bertz CT molecular complexity index is 1840. The molecule has 2 heterocycles. The maximum absolute atomic E-state index is 14.9. The zero-order valence-corrected chi connectivity index (χ0v) is 23.5. The zero-order valence-electron chi connectivity index (χ0n) is 22.7. The second kappa shape index (κ2) is 10.9. The number of halogens is 5. The first-order chi connectivity index (χ1) is 20.1. The van der Waals surface area contributed by atoms with Gasteiger partial charge >= 0.3 is 13.3 Å². The fourth-order valence-electron chi connectivity index (χ4n) is 4.99. The molecule has 2 aromatic carbocycles. The maximum Gasteiger partial charge on any atom is 0.491 e. The predicted molar refractivity (Wildman–Crippen MR) is 148 cm³/mol. The van der Waals surface area contributed by atoms with Crippen molar-refractivity contribution in [2.45, 2.75) is 31.5 Å². The van der Waals surface area contributed by atoms with Crippen LogP contribution in [0.1, 0.15) is 45.8 Å². The molecule has 0 unspecified atom stereocenters. The second-order valence-electron chi connectivity index (χ2n) is 10.2. The summed E-state index contributed by atoms with van der Waals surface area (Å²) in [6, 6.07) is 8.26. The van der Waals surface area contributed by atoms with Gasteiger partial charge in [0.05, 0.1) is 41.3 Å². The van der Waals surface area contributed by atoms with E-state index in [1.54, 1.807) is 6.07 Å². The molecule has 0 spiro atoms. The van der Waals surface area contributed by atoms with Crippen molar-refractivity contribution in [3.05, 3.63) is 82.5 Å². The van der Waals surface area contributed by atoms with E-state index in [4.69, 9.17) is 0 Å². The van der Waals surface area contributed by atoms with Gasteiger partial charge < -0.3 is 15.4 Å². The molecule has 0 atom stereocenters. The summed E-state index contributed by atoms with van der Waals surface area (Å²) in [6.45, 7) is -0.952. The summed E-state index contributed by atoms with van der Waals surface area (Å²) >= 11 is 0. The molecular formula is C27H24BF5N4O5S. The van der Waals surface area contributed by atoms with E-state index in [-0.39, 0.29) is 28.4 Å². The van der Waals surface area contributed by atoms with Crippen molar-refractivity contribution in [1.82, 2.24) is 14.9 Å². The highest BCUT2D eigenvalue weighted by molar-refractivity contribution is 7.92. The monoisotopic (exact) mass is 622 g/mol. The van der Waals surface area contributed by atoms with E-state index in [9.17, 15) is 45.2 Å². The van der Waals surface area contributed by atoms with Gasteiger partial charge in [0.25, 0.3) is 5.91 Å². The van der Waals surface area contributed by atoms with Crippen molar-refractivity contribution in [1.29, 1.82) is 0 Å². The van der Waals surface area contributed by atoms with Crippen LogP contribution in [0.15, 0.2) is 48.7 Å². The number of pyridine rings is 1. The zero-order chi connectivity index (χ0) is 31.4. The average molecular weight is 622 g/mol. The highest BCUT2D eigenvalue weighted by atomic mass is 32.2. The van der Waals surface area contributed by atoms with Crippen LogP contribution in [-0.2, 0) is 22.7 Å². The van der Waals surface area contributed by atoms with Gasteiger partial charge in [-0.05, 0) is 60.2 Å². The predicted octanol–water partition coefficient (Wildman–Crippen LogP) is 3.18. The fraction of sp³-hybridized carbons (Fsp3) is 0.259. The van der Waals surface area contributed by atoms with Crippen LogP contribution in [0.4, 0.5) is 27.6 Å². The lowest BCUT2D eigenvalue weighted by atomic mass is 9.78. The summed E-state index contributed by atoms with van der Waals surface area (Å²) in [6.07, 6.45) is -1.96. The normalized spacial score (nSPS) is 13.8. The van der Waals surface area contributed by atoms with Gasteiger partial charge in [-0.25, -0.2) is 21.7 Å². The Kier molecular flexibility index (Phi) is 7.73. The van der Waals surface area contributed by atoms with Gasteiger partial charge in [-0.2, -0.15) is 18.3 Å². The minimum Gasteiger partial charge on any atom is -0.423 e. The van der Waals surface area contributed by atoms with Gasteiger partial charge in [0.2, 0.25) is 10.0 Å². The second-order valence-corrected chi connectivity index (χ2v) is 12.1. The van der Waals surface area contributed by atoms with E-state index in [1.165, 1.54) is 42.0 Å². The number of amides is 1. The topological polar surface area (TPSA) is 124 Å². The number of anilines is 1. The van der Waals surface area contributed by atoms with Crippen LogP contribution in [-0.4, -0.2) is 54.4 Å². The number of rotatable bonds is 8. The van der Waals surface area contributed by atoms with E-state index in [2.05, 4.69) is 10.4 Å². The third kappa shape index (κ3) is 5.81. The molecule has 0 saturated heterocycles. The molecule has 1 amide bonds. The molecular weight excluding hydrogens is 598 g/mol. The Labute approximate surface area is 242 Å². The molecule has 2 aromatic heterocycles. The molecule has 1 aliphatic carbocycles. The summed E-state index contributed by atoms with van der Waals surface area (Å²) in [4.78, 5) is 13.0. The molecule has 3 N–H and O–H groups in total. The number of sulfonamides is 1. The number of carbonyl (C=O) groups is 1. The molecule has 226 valence electrons. The molecule has 0 bridgehead atoms. The number of hydrogen-bond acceptors (Lipinski definition) is 6. The number of hydrogen-bond donors (Lipinski definition) is 3. The molecule has 1 fully saturated rings. The van der Waals surface area contributed by atoms with E-state index in [0.29, 0.717) is 28.3 Å². The number of aromatic nitrogens is 2. The van der Waals surface area contributed by atoms with Gasteiger partial charge in [0, 0.05) is 18.1 Å². The number of carbonyl (C=O) groups excluding carboxylic acids is 1. The standard InChI is InChI=1S/C27H24BF5N4O5S/c1-34-26(38)22-20-11-18(14-3-4-14)21(13-36(20)35-25(22)15-5-8-17(29)9-6-15)37(43(2,41)42)12-16-7-10-19(28(39)40)24(30)23(16)27(31,32)33/h5-11,13-14,39-40H,3-4,12H2,1-2H3,(H,34,38). The van der Waals surface area contributed by atoms with Crippen LogP contribution < -0.4 is 15.1 Å². The van der Waals surface area contributed by atoms with Crippen LogP contribution in [0, 0.1) is 11.6 Å². The van der Waals surface area contributed by atoms with Crippen molar-refractivity contribution < 1.29 is 45.2 Å². The molecule has 0 aliphatic heterocycles. The third-order valence-corrected chi connectivity index (χ3v) is 8.30. The Morgan fingerprint density at radius 2 is 1.79 bits per heavy atom. The Morgan fingerprint density at radius 3 is 2.33 bits per heavy atom. The number of fused-ring (bicyclic) bond motifs is 1. The molecule has 1 aliphatic rings. The lowest BCUT2D eigenvalue weighted by Crippen LogP contribution is -2.37. The minimum absolute atomic E-state index is 0.0334. The highest BCUT2D eigenvalue weighted by Gasteiger charge is 2.41. The minimum atomic E-state index is -5.30. The van der Waals surface area contributed by atoms with Gasteiger partial charge in [-0.15, -0.1) is 0 Å². The lowest BCUT2D eigenvalue weighted by molar-refractivity contribution is -0.140. The molecule has 4 aromatic rings. The smallest absolute Gasteiger partial charge is 0.423 e. The molecule has 0 radical (unpaired) electrons. The van der Waals surface area contributed by atoms with Crippen molar-refractivity contribution in [2.24, 2.45) is 0 Å². The van der Waals surface area contributed by atoms with Crippen molar-refractivity contribution in [3.63, 3.8) is 0 Å². The number of benzene rings is 2. The van der Waals surface area contributed by atoms with E-state index in [0.717, 1.165) is 18.4 Å². The summed E-state index contributed by atoms with van der Waals surface area (Å²) < 4.78 is 98.7. The van der Waals surface area contributed by atoms with Gasteiger partial charge in [-0.3, -0.25) is 9.10 Å². The summed E-state index contributed by atoms with van der Waals surface area (Å²) in [5, 5.41) is 25.7. The SMILES string of the molecule is CNC(=O)c1c(-c2ccc(F)cc2)nn2cc(N(Cc3ccc(B(O)O)c(F)c3C(F)(F)F)S(C)(=O)=O)c(C3CC3)cc12. The van der Waals surface area contributed by atoms with Gasteiger partial charge in [0.15, 0.2) is 0 Å². The van der Waals surface area contributed by atoms with Crippen molar-refractivity contribution in [2.75, 3.05) is 17.6 Å². The molecule has 9 nitrogen and oxygen atoms in total. The number of alkyl halides is 3. The largest absolute Gasteiger partial charge is 0.491 e. The quantitative estimate of drug-likeness (QED) is 0.205. The van der Waals surface area contributed by atoms with Gasteiger partial charge in [-0.1, -0.05) is 12.1 Å².